The van der Waals surface area contributed by atoms with Gasteiger partial charge in [-0.3, -0.25) is 4.79 Å². The van der Waals surface area contributed by atoms with Crippen molar-refractivity contribution in [3.8, 4) is 0 Å². The van der Waals surface area contributed by atoms with Crippen LogP contribution in [0.4, 0.5) is 5.82 Å². The molecule has 2 rings (SSSR count). The van der Waals surface area contributed by atoms with E-state index in [1.165, 1.54) is 10.5 Å². The lowest BCUT2D eigenvalue weighted by Crippen LogP contribution is -2.21. The van der Waals surface area contributed by atoms with Crippen LogP contribution in [0.2, 0.25) is 0 Å². The Morgan fingerprint density at radius 2 is 1.88 bits per heavy atom. The monoisotopic (exact) mass is 327 g/mol. The number of benzene rings is 1. The van der Waals surface area contributed by atoms with Crippen LogP contribution in [0.15, 0.2) is 42.6 Å². The second kappa shape index (κ2) is 8.45. The maximum Gasteiger partial charge on any atom is 0.254 e. The van der Waals surface area contributed by atoms with E-state index in [0.717, 1.165) is 11.4 Å². The van der Waals surface area contributed by atoms with Crippen molar-refractivity contribution >= 4 is 11.7 Å². The number of amides is 1. The van der Waals surface area contributed by atoms with Gasteiger partial charge >= 0.3 is 0 Å². The fraction of sp³-hybridized carbons (Fsp3) is 0.368. The van der Waals surface area contributed by atoms with Gasteiger partial charge < -0.3 is 15.0 Å². The molecule has 0 spiro atoms. The Hall–Kier alpha value is -2.40. The molecule has 0 radical (unpaired) electrons. The molecule has 0 fully saturated rings. The quantitative estimate of drug-likeness (QED) is 0.847. The van der Waals surface area contributed by atoms with Gasteiger partial charge in [-0.15, -0.1) is 0 Å². The van der Waals surface area contributed by atoms with E-state index in [9.17, 15) is 4.79 Å². The van der Waals surface area contributed by atoms with Crippen molar-refractivity contribution < 1.29 is 9.53 Å². The highest BCUT2D eigenvalue weighted by atomic mass is 16.5. The predicted octanol–water partition coefficient (Wildman–Crippen LogP) is 3.32. The summed E-state index contributed by atoms with van der Waals surface area (Å²) in [7, 11) is 3.45. The van der Waals surface area contributed by atoms with E-state index in [0.29, 0.717) is 18.7 Å². The summed E-state index contributed by atoms with van der Waals surface area (Å²) in [6.45, 7) is 5.31. The first kappa shape index (κ1) is 17.9. The zero-order valence-electron chi connectivity index (χ0n) is 14.7. The Balaban J connectivity index is 1.99. The van der Waals surface area contributed by atoms with Crippen LogP contribution < -0.4 is 5.32 Å². The smallest absolute Gasteiger partial charge is 0.254 e. The Kier molecular flexibility index (Phi) is 6.32. The van der Waals surface area contributed by atoms with Crippen molar-refractivity contribution in [2.75, 3.05) is 19.4 Å². The third-order valence-corrected chi connectivity index (χ3v) is 3.57. The lowest BCUT2D eigenvalue weighted by molar-refractivity contribution is 0.0653. The van der Waals surface area contributed by atoms with Crippen LogP contribution in [-0.2, 0) is 17.9 Å². The van der Waals surface area contributed by atoms with Crippen LogP contribution in [0.3, 0.4) is 0 Å². The standard InChI is InChI=1S/C19H25N3O2/c1-14(2)24-13-17-8-6-5-7-15(17)11-20-18-10-9-16(12-21-18)19(23)22(3)4/h5-10,12,14H,11,13H2,1-4H3,(H,20,21). The molecule has 0 bridgehead atoms. The molecule has 2 aromatic rings. The van der Waals surface area contributed by atoms with Crippen LogP contribution in [0.1, 0.15) is 35.3 Å². The molecule has 0 aliphatic heterocycles. The topological polar surface area (TPSA) is 54.5 Å². The summed E-state index contributed by atoms with van der Waals surface area (Å²) in [6.07, 6.45) is 1.80. The van der Waals surface area contributed by atoms with Gasteiger partial charge in [-0.05, 0) is 37.1 Å². The van der Waals surface area contributed by atoms with Crippen molar-refractivity contribution in [3.05, 3.63) is 59.3 Å². The molecule has 128 valence electrons. The first-order valence-corrected chi connectivity index (χ1v) is 8.07. The normalized spacial score (nSPS) is 10.7. The van der Waals surface area contributed by atoms with Gasteiger partial charge in [0.2, 0.25) is 0 Å². The van der Waals surface area contributed by atoms with Gasteiger partial charge in [-0.2, -0.15) is 0 Å². The number of hydrogen-bond donors (Lipinski definition) is 1. The SMILES string of the molecule is CC(C)OCc1ccccc1CNc1ccc(C(=O)N(C)C)cn1. The zero-order valence-corrected chi connectivity index (χ0v) is 14.7. The van der Waals surface area contributed by atoms with Gasteiger partial charge in [-0.1, -0.05) is 24.3 Å². The van der Waals surface area contributed by atoms with Crippen LogP contribution in [-0.4, -0.2) is 36.0 Å². The molecule has 1 aromatic heterocycles. The molecule has 1 amide bonds. The number of nitrogens with zero attached hydrogens (tertiary/aromatic N) is 2. The van der Waals surface area contributed by atoms with Gasteiger partial charge in [-0.25, -0.2) is 4.98 Å². The van der Waals surface area contributed by atoms with E-state index in [2.05, 4.69) is 22.4 Å². The van der Waals surface area contributed by atoms with Gasteiger partial charge in [0.25, 0.3) is 5.91 Å². The Labute approximate surface area is 143 Å². The number of pyridine rings is 1. The van der Waals surface area contributed by atoms with Crippen LogP contribution in [0, 0.1) is 0 Å². The lowest BCUT2D eigenvalue weighted by Gasteiger charge is -2.13. The molecular weight excluding hydrogens is 302 g/mol. The van der Waals surface area contributed by atoms with Crippen molar-refractivity contribution in [1.29, 1.82) is 0 Å². The first-order chi connectivity index (χ1) is 11.5. The summed E-state index contributed by atoms with van der Waals surface area (Å²) in [5, 5.41) is 3.29. The molecule has 1 heterocycles. The van der Waals surface area contributed by atoms with E-state index in [1.807, 2.05) is 32.0 Å². The predicted molar refractivity (Wildman–Crippen MR) is 95.9 cm³/mol. The highest BCUT2D eigenvalue weighted by Crippen LogP contribution is 2.14. The van der Waals surface area contributed by atoms with E-state index >= 15 is 0 Å². The van der Waals surface area contributed by atoms with E-state index in [1.54, 1.807) is 26.4 Å². The number of carbonyl (C=O) groups excluding carboxylic acids is 1. The number of carbonyl (C=O) groups is 1. The highest BCUT2D eigenvalue weighted by Gasteiger charge is 2.08. The average molecular weight is 327 g/mol. The van der Waals surface area contributed by atoms with Crippen LogP contribution in [0.5, 0.6) is 0 Å². The zero-order chi connectivity index (χ0) is 17.5. The summed E-state index contributed by atoms with van der Waals surface area (Å²) in [5.74, 6) is 0.690. The number of aromatic nitrogens is 1. The fourth-order valence-electron chi connectivity index (χ4n) is 2.20. The highest BCUT2D eigenvalue weighted by molar-refractivity contribution is 5.93. The second-order valence-corrected chi connectivity index (χ2v) is 6.11. The average Bonchev–Trinajstić information content (AvgIpc) is 2.58. The van der Waals surface area contributed by atoms with E-state index in [-0.39, 0.29) is 12.0 Å². The molecule has 0 aliphatic carbocycles. The van der Waals surface area contributed by atoms with Crippen molar-refractivity contribution in [1.82, 2.24) is 9.88 Å². The first-order valence-electron chi connectivity index (χ1n) is 8.07. The third kappa shape index (κ3) is 5.06. The summed E-state index contributed by atoms with van der Waals surface area (Å²) >= 11 is 0. The Morgan fingerprint density at radius 3 is 2.46 bits per heavy atom. The summed E-state index contributed by atoms with van der Waals surface area (Å²) in [4.78, 5) is 17.7. The van der Waals surface area contributed by atoms with Crippen molar-refractivity contribution in [2.24, 2.45) is 0 Å². The molecule has 1 N–H and O–H groups in total. The molecule has 5 nitrogen and oxygen atoms in total. The second-order valence-electron chi connectivity index (χ2n) is 6.11. The van der Waals surface area contributed by atoms with Gasteiger partial charge in [0.05, 0.1) is 18.3 Å². The molecule has 0 atom stereocenters. The van der Waals surface area contributed by atoms with Gasteiger partial charge in [0.1, 0.15) is 5.82 Å². The Bertz CT molecular complexity index is 667. The third-order valence-electron chi connectivity index (χ3n) is 3.57. The lowest BCUT2D eigenvalue weighted by atomic mass is 10.1. The van der Waals surface area contributed by atoms with E-state index < -0.39 is 0 Å². The molecule has 0 unspecified atom stereocenters. The molecule has 0 saturated heterocycles. The molecule has 1 aromatic carbocycles. The van der Waals surface area contributed by atoms with Crippen molar-refractivity contribution in [3.63, 3.8) is 0 Å². The van der Waals surface area contributed by atoms with Gasteiger partial charge in [0.15, 0.2) is 0 Å². The minimum atomic E-state index is -0.0507. The van der Waals surface area contributed by atoms with Crippen LogP contribution >= 0.6 is 0 Å². The summed E-state index contributed by atoms with van der Waals surface area (Å²) in [6, 6.07) is 11.8. The Morgan fingerprint density at radius 1 is 1.17 bits per heavy atom. The number of rotatable bonds is 7. The number of ether oxygens (including phenoxy) is 1. The minimum Gasteiger partial charge on any atom is -0.374 e. The number of nitrogens with one attached hydrogen (secondary N) is 1. The number of hydrogen-bond acceptors (Lipinski definition) is 4. The maximum atomic E-state index is 11.9. The molecule has 24 heavy (non-hydrogen) atoms. The number of anilines is 1. The summed E-state index contributed by atoms with van der Waals surface area (Å²) in [5.41, 5.74) is 2.92. The molecule has 0 aliphatic rings. The van der Waals surface area contributed by atoms with E-state index in [4.69, 9.17) is 4.74 Å². The van der Waals surface area contributed by atoms with Crippen molar-refractivity contribution in [2.45, 2.75) is 33.1 Å². The molecule has 0 saturated carbocycles. The van der Waals surface area contributed by atoms with Crippen LogP contribution in [0.25, 0.3) is 0 Å². The minimum absolute atomic E-state index is 0.0507. The molecule has 5 heteroatoms. The maximum absolute atomic E-state index is 11.9. The van der Waals surface area contributed by atoms with Gasteiger partial charge in [0, 0.05) is 26.8 Å². The summed E-state index contributed by atoms with van der Waals surface area (Å²) < 4.78 is 5.70. The largest absolute Gasteiger partial charge is 0.374 e. The fourth-order valence-corrected chi connectivity index (χ4v) is 2.20. The molecular formula is C19H25N3O2.